The maximum atomic E-state index is 11.5. The number of hydrogen-bond acceptors (Lipinski definition) is 3. The van der Waals surface area contributed by atoms with Gasteiger partial charge in [0.05, 0.1) is 11.7 Å². The van der Waals surface area contributed by atoms with Gasteiger partial charge in [-0.05, 0) is 52.6 Å². The summed E-state index contributed by atoms with van der Waals surface area (Å²) in [6.45, 7) is 0. The Balaban J connectivity index is 1.50. The van der Waals surface area contributed by atoms with Gasteiger partial charge in [0, 0.05) is 17.1 Å². The third-order valence-electron chi connectivity index (χ3n) is 4.72. The first kappa shape index (κ1) is 16.1. The summed E-state index contributed by atoms with van der Waals surface area (Å²) in [7, 11) is 0. The highest BCUT2D eigenvalue weighted by molar-refractivity contribution is 7.90. The van der Waals surface area contributed by atoms with Gasteiger partial charge in [0.25, 0.3) is 0 Å². The summed E-state index contributed by atoms with van der Waals surface area (Å²) in [6, 6.07) is 18.1. The molecule has 0 bridgehead atoms. The molecular weight excluding hydrogens is 356 g/mol. The highest BCUT2D eigenvalue weighted by Crippen LogP contribution is 2.27. The van der Waals surface area contributed by atoms with Gasteiger partial charge < -0.3 is 14.5 Å². The normalized spacial score (nSPS) is 12.7. The number of rotatable bonds is 3. The summed E-state index contributed by atoms with van der Waals surface area (Å²) in [5.41, 5.74) is 5.92. The van der Waals surface area contributed by atoms with Crippen LogP contribution >= 0.6 is 0 Å². The van der Waals surface area contributed by atoms with Crippen molar-refractivity contribution in [2.45, 2.75) is 4.90 Å². The minimum Gasteiger partial charge on any atom is -0.612 e. The zero-order valence-corrected chi connectivity index (χ0v) is 15.4. The van der Waals surface area contributed by atoms with Crippen LogP contribution in [0, 0.1) is 0 Å². The van der Waals surface area contributed by atoms with Gasteiger partial charge in [0.2, 0.25) is 0 Å². The lowest BCUT2D eigenvalue weighted by Crippen LogP contribution is -1.96. The predicted molar refractivity (Wildman–Crippen MR) is 109 cm³/mol. The molecule has 0 saturated heterocycles. The van der Waals surface area contributed by atoms with E-state index in [0.717, 1.165) is 49.5 Å². The van der Waals surface area contributed by atoms with Crippen molar-refractivity contribution in [1.29, 1.82) is 0 Å². The smallest absolute Gasteiger partial charge is 0.152 e. The molecule has 132 valence electrons. The quantitative estimate of drug-likeness (QED) is 0.457. The van der Waals surface area contributed by atoms with Gasteiger partial charge >= 0.3 is 0 Å². The number of benzene rings is 2. The predicted octanol–water partition coefficient (Wildman–Crippen LogP) is 4.51. The molecule has 5 nitrogen and oxygen atoms in total. The van der Waals surface area contributed by atoms with E-state index in [9.17, 15) is 4.55 Å². The standard InChI is InChI=1S/C21H16N4OS/c1-27(26)16-8-6-14(7-9-16)13-2-4-15(5-3-13)20-24-18-12-23-21-17(10-11-22-21)19(18)25-20/h2-12H,1H3,(H,22,23)(H,24,25). The molecule has 3 heterocycles. The molecule has 0 aliphatic carbocycles. The van der Waals surface area contributed by atoms with E-state index in [2.05, 4.69) is 44.2 Å². The van der Waals surface area contributed by atoms with Gasteiger partial charge in [-0.3, -0.25) is 0 Å². The Morgan fingerprint density at radius 2 is 1.56 bits per heavy atom. The molecular formula is C21H16N4OS. The molecule has 2 N–H and O–H groups in total. The lowest BCUT2D eigenvalue weighted by atomic mass is 10.0. The highest BCUT2D eigenvalue weighted by Gasteiger charge is 2.10. The number of aromatic amines is 2. The average molecular weight is 372 g/mol. The van der Waals surface area contributed by atoms with Crippen molar-refractivity contribution < 1.29 is 4.55 Å². The van der Waals surface area contributed by atoms with Gasteiger partial charge in [-0.15, -0.1) is 0 Å². The van der Waals surface area contributed by atoms with E-state index in [-0.39, 0.29) is 0 Å². The third kappa shape index (κ3) is 2.79. The number of aromatic nitrogens is 4. The molecule has 0 radical (unpaired) electrons. The maximum Gasteiger partial charge on any atom is 0.152 e. The molecule has 6 heteroatoms. The van der Waals surface area contributed by atoms with Crippen molar-refractivity contribution in [1.82, 2.24) is 19.9 Å². The maximum absolute atomic E-state index is 11.5. The number of fused-ring (bicyclic) bond motifs is 3. The molecule has 0 fully saturated rings. The van der Waals surface area contributed by atoms with Crippen molar-refractivity contribution in [3.63, 3.8) is 0 Å². The minimum absolute atomic E-state index is 0.823. The van der Waals surface area contributed by atoms with E-state index < -0.39 is 11.2 Å². The topological polar surface area (TPSA) is 80.4 Å². The summed E-state index contributed by atoms with van der Waals surface area (Å²) in [5.74, 6) is 0.823. The van der Waals surface area contributed by atoms with Crippen LogP contribution in [0.2, 0.25) is 0 Å². The van der Waals surface area contributed by atoms with E-state index in [0.29, 0.717) is 0 Å². The number of pyridine rings is 1. The summed E-state index contributed by atoms with van der Waals surface area (Å²) >= 11 is -0.957. The molecule has 0 saturated carbocycles. The number of H-pyrrole nitrogens is 2. The van der Waals surface area contributed by atoms with Crippen LogP contribution in [0.5, 0.6) is 0 Å². The van der Waals surface area contributed by atoms with Crippen LogP contribution in [0.4, 0.5) is 0 Å². The van der Waals surface area contributed by atoms with Crippen LogP contribution in [0.25, 0.3) is 44.6 Å². The van der Waals surface area contributed by atoms with Gasteiger partial charge in [-0.1, -0.05) is 24.3 Å². The number of imidazole rings is 1. The fraction of sp³-hybridized carbons (Fsp3) is 0.0476. The summed E-state index contributed by atoms with van der Waals surface area (Å²) in [4.78, 5) is 16.4. The zero-order chi connectivity index (χ0) is 18.4. The number of nitrogens with zero attached hydrogens (tertiary/aromatic N) is 2. The third-order valence-corrected chi connectivity index (χ3v) is 5.66. The monoisotopic (exact) mass is 372 g/mol. The zero-order valence-electron chi connectivity index (χ0n) is 14.6. The second kappa shape index (κ2) is 6.26. The van der Waals surface area contributed by atoms with Crippen LogP contribution in [0.15, 0.2) is 71.9 Å². The Bertz CT molecular complexity index is 1240. The minimum atomic E-state index is -0.957. The van der Waals surface area contributed by atoms with E-state index >= 15 is 0 Å². The first-order valence-corrected chi connectivity index (χ1v) is 10.1. The van der Waals surface area contributed by atoms with Crippen LogP contribution in [0.1, 0.15) is 0 Å². The Hall–Kier alpha value is -3.09. The number of hydrogen-bond donors (Lipinski definition) is 2. The Kier molecular flexibility index (Phi) is 3.74. The second-order valence-corrected chi connectivity index (χ2v) is 7.78. The average Bonchev–Trinajstić information content (AvgIpc) is 3.34. The Labute approximate surface area is 158 Å². The molecule has 0 aliphatic rings. The molecule has 5 rings (SSSR count). The summed E-state index contributed by atoms with van der Waals surface area (Å²) < 4.78 is 11.5. The van der Waals surface area contributed by atoms with Gasteiger partial charge in [-0.25, -0.2) is 9.97 Å². The van der Waals surface area contributed by atoms with Crippen molar-refractivity contribution in [2.24, 2.45) is 0 Å². The molecule has 1 atom stereocenters. The van der Waals surface area contributed by atoms with E-state index in [1.165, 1.54) is 0 Å². The Morgan fingerprint density at radius 3 is 2.26 bits per heavy atom. The Morgan fingerprint density at radius 1 is 0.889 bits per heavy atom. The number of nitrogens with one attached hydrogen (secondary N) is 2. The van der Waals surface area contributed by atoms with Crippen molar-refractivity contribution in [3.8, 4) is 22.5 Å². The largest absolute Gasteiger partial charge is 0.612 e. The molecule has 1 unspecified atom stereocenters. The molecule has 5 aromatic rings. The van der Waals surface area contributed by atoms with Gasteiger partial charge in [0.1, 0.15) is 23.2 Å². The molecule has 27 heavy (non-hydrogen) atoms. The van der Waals surface area contributed by atoms with Crippen LogP contribution in [0.3, 0.4) is 0 Å². The van der Waals surface area contributed by atoms with Crippen molar-refractivity contribution in [2.75, 3.05) is 6.26 Å². The summed E-state index contributed by atoms with van der Waals surface area (Å²) in [5, 5.41) is 1.04. The lowest BCUT2D eigenvalue weighted by molar-refractivity contribution is 0.601. The highest BCUT2D eigenvalue weighted by atomic mass is 32.2. The van der Waals surface area contributed by atoms with Gasteiger partial charge in [-0.2, -0.15) is 0 Å². The van der Waals surface area contributed by atoms with Crippen molar-refractivity contribution in [3.05, 3.63) is 67.0 Å². The molecule has 2 aromatic carbocycles. The van der Waals surface area contributed by atoms with Crippen LogP contribution < -0.4 is 0 Å². The van der Waals surface area contributed by atoms with E-state index in [1.807, 2.05) is 36.5 Å². The van der Waals surface area contributed by atoms with Gasteiger partial charge in [0.15, 0.2) is 4.90 Å². The first-order chi connectivity index (χ1) is 13.2. The molecule has 0 aliphatic heterocycles. The van der Waals surface area contributed by atoms with E-state index in [4.69, 9.17) is 0 Å². The molecule has 0 spiro atoms. The summed E-state index contributed by atoms with van der Waals surface area (Å²) in [6.07, 6.45) is 5.35. The van der Waals surface area contributed by atoms with Crippen LogP contribution in [-0.4, -0.2) is 30.7 Å². The molecule has 3 aromatic heterocycles. The van der Waals surface area contributed by atoms with Crippen molar-refractivity contribution >= 4 is 33.2 Å². The first-order valence-electron chi connectivity index (χ1n) is 8.55. The van der Waals surface area contributed by atoms with E-state index in [1.54, 1.807) is 12.5 Å². The SMILES string of the molecule is C[S+]([O-])c1ccc(-c2ccc(-c3nc4cnc5[nH]ccc5c4[nH]3)cc2)cc1. The fourth-order valence-corrected chi connectivity index (χ4v) is 3.80. The fourth-order valence-electron chi connectivity index (χ4n) is 3.28. The second-order valence-electron chi connectivity index (χ2n) is 6.40. The lowest BCUT2D eigenvalue weighted by Gasteiger charge is -2.06. The molecule has 0 amide bonds. The van der Waals surface area contributed by atoms with Crippen LogP contribution in [-0.2, 0) is 11.2 Å².